The lowest BCUT2D eigenvalue weighted by Gasteiger charge is -2.34. The molecule has 1 saturated heterocycles. The van der Waals surface area contributed by atoms with E-state index in [0.29, 0.717) is 12.0 Å². The highest BCUT2D eigenvalue weighted by molar-refractivity contribution is 5.74. The Hall–Kier alpha value is -0.570. The fourth-order valence-corrected chi connectivity index (χ4v) is 4.55. The number of hydrogen-bond acceptors (Lipinski definition) is 2. The summed E-state index contributed by atoms with van der Waals surface area (Å²) < 4.78 is 0. The zero-order chi connectivity index (χ0) is 12.5. The van der Waals surface area contributed by atoms with Crippen molar-refractivity contribution in [3.63, 3.8) is 0 Å². The van der Waals surface area contributed by atoms with Crippen LogP contribution in [0.1, 0.15) is 57.8 Å². The fraction of sp³-hybridized carbons (Fsp3) is 0.933. The predicted molar refractivity (Wildman–Crippen MR) is 70.5 cm³/mol. The van der Waals surface area contributed by atoms with Crippen LogP contribution in [0.3, 0.4) is 0 Å². The van der Waals surface area contributed by atoms with Gasteiger partial charge in [0.15, 0.2) is 0 Å². The molecule has 0 radical (unpaired) electrons. The molecule has 1 heterocycles. The molecule has 3 atom stereocenters. The van der Waals surface area contributed by atoms with E-state index in [1.807, 2.05) is 0 Å². The number of hydrogen-bond donors (Lipinski definition) is 1. The first-order chi connectivity index (χ1) is 8.75. The van der Waals surface area contributed by atoms with Crippen molar-refractivity contribution >= 4 is 5.97 Å². The second kappa shape index (κ2) is 5.20. The first-order valence-electron chi connectivity index (χ1n) is 7.74. The molecular formula is C15H25NO2. The summed E-state index contributed by atoms with van der Waals surface area (Å²) in [4.78, 5) is 13.9. The van der Waals surface area contributed by atoms with E-state index >= 15 is 0 Å². The van der Waals surface area contributed by atoms with Crippen LogP contribution < -0.4 is 0 Å². The van der Waals surface area contributed by atoms with Gasteiger partial charge >= 0.3 is 5.97 Å². The van der Waals surface area contributed by atoms with E-state index in [9.17, 15) is 9.90 Å². The third-order valence-electron chi connectivity index (χ3n) is 5.45. The van der Waals surface area contributed by atoms with Crippen LogP contribution in [0, 0.1) is 11.8 Å². The van der Waals surface area contributed by atoms with Gasteiger partial charge in [-0.2, -0.15) is 0 Å². The molecule has 3 nitrogen and oxygen atoms in total. The Morgan fingerprint density at radius 3 is 2.44 bits per heavy atom. The highest BCUT2D eigenvalue weighted by atomic mass is 16.4. The van der Waals surface area contributed by atoms with E-state index in [-0.39, 0.29) is 6.04 Å². The maximum Gasteiger partial charge on any atom is 0.320 e. The molecule has 0 spiro atoms. The average Bonchev–Trinajstić information content (AvgIpc) is 2.98. The molecule has 0 aromatic heterocycles. The molecule has 3 rings (SSSR count). The van der Waals surface area contributed by atoms with Crippen LogP contribution in [0.4, 0.5) is 0 Å². The Bertz CT molecular complexity index is 312. The Kier molecular flexibility index (Phi) is 3.60. The molecule has 3 aliphatic rings. The molecule has 0 aromatic carbocycles. The van der Waals surface area contributed by atoms with Crippen molar-refractivity contribution in [1.29, 1.82) is 0 Å². The summed E-state index contributed by atoms with van der Waals surface area (Å²) in [6.07, 6.45) is 11.4. The summed E-state index contributed by atoms with van der Waals surface area (Å²) in [5.41, 5.74) is 0. The Morgan fingerprint density at radius 2 is 1.72 bits per heavy atom. The smallest absolute Gasteiger partial charge is 0.320 e. The van der Waals surface area contributed by atoms with Crippen molar-refractivity contribution in [2.75, 3.05) is 6.54 Å². The summed E-state index contributed by atoms with van der Waals surface area (Å²) in [5, 5.41) is 9.46. The summed E-state index contributed by atoms with van der Waals surface area (Å²) in [6.45, 7) is 1.05. The lowest BCUT2D eigenvalue weighted by Crippen LogP contribution is -2.44. The molecule has 0 aromatic rings. The highest BCUT2D eigenvalue weighted by Crippen LogP contribution is 2.41. The Morgan fingerprint density at radius 1 is 1.06 bits per heavy atom. The second-order valence-electron chi connectivity index (χ2n) is 6.55. The van der Waals surface area contributed by atoms with Gasteiger partial charge in [0.2, 0.25) is 0 Å². The van der Waals surface area contributed by atoms with Crippen molar-refractivity contribution in [2.45, 2.75) is 69.9 Å². The predicted octanol–water partition coefficient (Wildman–Crippen LogP) is 2.89. The first kappa shape index (κ1) is 12.5. The number of aliphatic carboxylic acids is 1. The molecule has 0 bridgehead atoms. The van der Waals surface area contributed by atoms with Crippen LogP contribution >= 0.6 is 0 Å². The molecule has 0 unspecified atom stereocenters. The molecule has 3 fully saturated rings. The van der Waals surface area contributed by atoms with Crippen LogP contribution in [0.2, 0.25) is 0 Å². The normalized spacial score (nSPS) is 37.9. The van der Waals surface area contributed by atoms with Gasteiger partial charge in [0, 0.05) is 12.6 Å². The summed E-state index contributed by atoms with van der Waals surface area (Å²) in [7, 11) is 0. The zero-order valence-corrected chi connectivity index (χ0v) is 11.2. The van der Waals surface area contributed by atoms with Crippen LogP contribution in [-0.4, -0.2) is 34.6 Å². The topological polar surface area (TPSA) is 40.5 Å². The SMILES string of the molecule is O=C(O)[C@@H]1C[C@@H]2CCCC[C@H]2N1CC1CCCC1. The van der Waals surface area contributed by atoms with Crippen molar-refractivity contribution in [3.8, 4) is 0 Å². The van der Waals surface area contributed by atoms with Gasteiger partial charge in [0.25, 0.3) is 0 Å². The van der Waals surface area contributed by atoms with Crippen molar-refractivity contribution in [1.82, 2.24) is 4.90 Å². The molecular weight excluding hydrogens is 226 g/mol. The van der Waals surface area contributed by atoms with E-state index in [4.69, 9.17) is 0 Å². The van der Waals surface area contributed by atoms with Gasteiger partial charge in [-0.15, -0.1) is 0 Å². The molecule has 1 N–H and O–H groups in total. The molecule has 2 saturated carbocycles. The van der Waals surface area contributed by atoms with E-state index < -0.39 is 5.97 Å². The van der Waals surface area contributed by atoms with Gasteiger partial charge in [0.05, 0.1) is 0 Å². The number of fused-ring (bicyclic) bond motifs is 1. The zero-order valence-electron chi connectivity index (χ0n) is 11.2. The Balaban J connectivity index is 1.71. The largest absolute Gasteiger partial charge is 0.480 e. The van der Waals surface area contributed by atoms with Gasteiger partial charge in [0.1, 0.15) is 6.04 Å². The van der Waals surface area contributed by atoms with Crippen molar-refractivity contribution < 1.29 is 9.90 Å². The van der Waals surface area contributed by atoms with Gasteiger partial charge in [-0.1, -0.05) is 25.7 Å². The van der Waals surface area contributed by atoms with Gasteiger partial charge in [-0.25, -0.2) is 0 Å². The van der Waals surface area contributed by atoms with E-state index in [2.05, 4.69) is 4.90 Å². The third-order valence-corrected chi connectivity index (χ3v) is 5.45. The molecule has 0 amide bonds. The minimum atomic E-state index is -0.581. The molecule has 18 heavy (non-hydrogen) atoms. The van der Waals surface area contributed by atoms with Gasteiger partial charge in [-0.05, 0) is 43.9 Å². The fourth-order valence-electron chi connectivity index (χ4n) is 4.55. The monoisotopic (exact) mass is 251 g/mol. The summed E-state index contributed by atoms with van der Waals surface area (Å²) in [6, 6.07) is 0.402. The maximum absolute atomic E-state index is 11.5. The van der Waals surface area contributed by atoms with Crippen molar-refractivity contribution in [3.05, 3.63) is 0 Å². The van der Waals surface area contributed by atoms with Crippen LogP contribution in [-0.2, 0) is 4.79 Å². The minimum Gasteiger partial charge on any atom is -0.480 e. The summed E-state index contributed by atoms with van der Waals surface area (Å²) in [5.74, 6) is 0.858. The standard InChI is InChI=1S/C15H25NO2/c17-15(18)14-9-12-7-3-4-8-13(12)16(14)10-11-5-1-2-6-11/h11-14H,1-10H2,(H,17,18)/t12-,13+,14-/m0/s1. The van der Waals surface area contributed by atoms with Crippen molar-refractivity contribution in [2.24, 2.45) is 11.8 Å². The number of rotatable bonds is 3. The lowest BCUT2D eigenvalue weighted by atomic mass is 9.84. The summed E-state index contributed by atoms with van der Waals surface area (Å²) >= 11 is 0. The lowest BCUT2D eigenvalue weighted by molar-refractivity contribution is -0.142. The number of carboxylic acid groups (broad SMARTS) is 1. The quantitative estimate of drug-likeness (QED) is 0.838. The second-order valence-corrected chi connectivity index (χ2v) is 6.55. The highest BCUT2D eigenvalue weighted by Gasteiger charge is 2.45. The number of carboxylic acids is 1. The van der Waals surface area contributed by atoms with E-state index in [1.165, 1.54) is 51.4 Å². The molecule has 2 aliphatic carbocycles. The van der Waals surface area contributed by atoms with Gasteiger partial charge in [-0.3, -0.25) is 9.69 Å². The number of nitrogens with zero attached hydrogens (tertiary/aromatic N) is 1. The molecule has 102 valence electrons. The third kappa shape index (κ3) is 2.29. The molecule has 1 aliphatic heterocycles. The maximum atomic E-state index is 11.5. The van der Waals surface area contributed by atoms with E-state index in [0.717, 1.165) is 18.9 Å². The minimum absolute atomic E-state index is 0.182. The first-order valence-corrected chi connectivity index (χ1v) is 7.74. The van der Waals surface area contributed by atoms with Gasteiger partial charge < -0.3 is 5.11 Å². The molecule has 3 heteroatoms. The van der Waals surface area contributed by atoms with E-state index in [1.54, 1.807) is 0 Å². The van der Waals surface area contributed by atoms with Crippen LogP contribution in [0.25, 0.3) is 0 Å². The average molecular weight is 251 g/mol. The van der Waals surface area contributed by atoms with Crippen LogP contribution in [0.15, 0.2) is 0 Å². The number of carbonyl (C=O) groups is 1. The van der Waals surface area contributed by atoms with Crippen LogP contribution in [0.5, 0.6) is 0 Å². The number of likely N-dealkylation sites (tertiary alicyclic amines) is 1. The Labute approximate surface area is 110 Å².